The molecule has 2 unspecified atom stereocenters. The molecule has 1 aromatic carbocycles. The van der Waals surface area contributed by atoms with Crippen LogP contribution in [-0.2, 0) is 4.79 Å². The predicted octanol–water partition coefficient (Wildman–Crippen LogP) is 2.76. The summed E-state index contributed by atoms with van der Waals surface area (Å²) in [5, 5.41) is 6.63. The molecule has 1 aromatic rings. The number of benzene rings is 1. The van der Waals surface area contributed by atoms with E-state index in [-0.39, 0.29) is 23.7 Å². The molecule has 3 rings (SSSR count). The molecule has 0 radical (unpaired) electrons. The van der Waals surface area contributed by atoms with Gasteiger partial charge in [0.1, 0.15) is 5.82 Å². The molecule has 26 heavy (non-hydrogen) atoms. The number of halogens is 2. The van der Waals surface area contributed by atoms with Gasteiger partial charge < -0.3 is 15.5 Å². The molecule has 2 atom stereocenters. The van der Waals surface area contributed by atoms with Gasteiger partial charge in [-0.25, -0.2) is 4.39 Å². The average molecular weight is 381 g/mol. The Hall–Kier alpha value is -1.82. The van der Waals surface area contributed by atoms with E-state index in [1.54, 1.807) is 26.2 Å². The van der Waals surface area contributed by atoms with Gasteiger partial charge in [0.05, 0.1) is 0 Å². The van der Waals surface area contributed by atoms with Crippen molar-refractivity contribution >= 4 is 23.5 Å². The highest BCUT2D eigenvalue weighted by Gasteiger charge is 2.42. The first-order valence-corrected chi connectivity index (χ1v) is 9.54. The van der Waals surface area contributed by atoms with Crippen molar-refractivity contribution in [3.8, 4) is 0 Å². The molecule has 7 heteroatoms. The van der Waals surface area contributed by atoms with Crippen molar-refractivity contribution in [1.82, 2.24) is 15.5 Å². The van der Waals surface area contributed by atoms with Gasteiger partial charge in [0.15, 0.2) is 5.96 Å². The van der Waals surface area contributed by atoms with Crippen molar-refractivity contribution in [2.75, 3.05) is 27.2 Å². The lowest BCUT2D eigenvalue weighted by Crippen LogP contribution is -2.47. The van der Waals surface area contributed by atoms with Crippen molar-refractivity contribution in [1.29, 1.82) is 0 Å². The Morgan fingerprint density at radius 3 is 2.73 bits per heavy atom. The van der Waals surface area contributed by atoms with Gasteiger partial charge in [-0.05, 0) is 37.3 Å². The van der Waals surface area contributed by atoms with E-state index in [1.807, 2.05) is 0 Å². The number of nitrogens with one attached hydrogen (secondary N) is 2. The van der Waals surface area contributed by atoms with Crippen LogP contribution in [0.4, 0.5) is 4.39 Å². The zero-order chi connectivity index (χ0) is 18.7. The number of hydrogen-bond acceptors (Lipinski definition) is 2. The molecule has 1 saturated heterocycles. The maximum Gasteiger partial charge on any atom is 0.220 e. The first-order valence-electron chi connectivity index (χ1n) is 9.16. The smallest absolute Gasteiger partial charge is 0.220 e. The molecule has 2 N–H and O–H groups in total. The SMILES string of the molecule is CN=C(NC1CC1c1c(F)cccc1Cl)N1CCC(CC(=O)NC)CC1. The average Bonchev–Trinajstić information content (AvgIpc) is 3.39. The third-order valence-electron chi connectivity index (χ3n) is 5.35. The molecule has 1 saturated carbocycles. The Morgan fingerprint density at radius 2 is 2.12 bits per heavy atom. The third kappa shape index (κ3) is 4.29. The molecule has 0 bridgehead atoms. The zero-order valence-electron chi connectivity index (χ0n) is 15.3. The van der Waals surface area contributed by atoms with Crippen molar-refractivity contribution in [2.45, 2.75) is 37.6 Å². The molecule has 1 aliphatic carbocycles. The van der Waals surface area contributed by atoms with Crippen LogP contribution in [0.25, 0.3) is 0 Å². The highest BCUT2D eigenvalue weighted by atomic mass is 35.5. The van der Waals surface area contributed by atoms with Crippen LogP contribution in [0.1, 0.15) is 37.2 Å². The fraction of sp³-hybridized carbons (Fsp3) is 0.579. The van der Waals surface area contributed by atoms with Gasteiger partial charge in [0.25, 0.3) is 0 Å². The Labute approximate surface area is 159 Å². The minimum atomic E-state index is -0.239. The summed E-state index contributed by atoms with van der Waals surface area (Å²) in [6.45, 7) is 1.75. The molecule has 1 amide bonds. The summed E-state index contributed by atoms with van der Waals surface area (Å²) in [7, 11) is 3.45. The summed E-state index contributed by atoms with van der Waals surface area (Å²) in [4.78, 5) is 18.1. The van der Waals surface area contributed by atoms with Crippen LogP contribution in [0.2, 0.25) is 5.02 Å². The highest BCUT2D eigenvalue weighted by molar-refractivity contribution is 6.31. The first kappa shape index (κ1) is 19.0. The van der Waals surface area contributed by atoms with Gasteiger partial charge in [0.2, 0.25) is 5.91 Å². The summed E-state index contributed by atoms with van der Waals surface area (Å²) in [5.41, 5.74) is 0.603. The lowest BCUT2D eigenvalue weighted by Gasteiger charge is -2.34. The van der Waals surface area contributed by atoms with Crippen LogP contribution < -0.4 is 10.6 Å². The number of carbonyl (C=O) groups excluding carboxylic acids is 1. The number of aliphatic imine (C=N–C) groups is 1. The van der Waals surface area contributed by atoms with E-state index in [2.05, 4.69) is 20.5 Å². The quantitative estimate of drug-likeness (QED) is 0.623. The Balaban J connectivity index is 1.53. The number of guanidine groups is 1. The van der Waals surface area contributed by atoms with E-state index in [0.717, 1.165) is 38.3 Å². The van der Waals surface area contributed by atoms with Gasteiger partial charge in [-0.3, -0.25) is 9.79 Å². The summed E-state index contributed by atoms with van der Waals surface area (Å²) >= 11 is 6.18. The minimum Gasteiger partial charge on any atom is -0.359 e. The number of amides is 1. The summed E-state index contributed by atoms with van der Waals surface area (Å²) in [5.74, 6) is 1.23. The van der Waals surface area contributed by atoms with Crippen LogP contribution in [0.15, 0.2) is 23.2 Å². The second-order valence-electron chi connectivity index (χ2n) is 7.08. The first-order chi connectivity index (χ1) is 12.5. The van der Waals surface area contributed by atoms with Gasteiger partial charge in [-0.1, -0.05) is 17.7 Å². The van der Waals surface area contributed by atoms with Gasteiger partial charge >= 0.3 is 0 Å². The highest BCUT2D eigenvalue weighted by Crippen LogP contribution is 2.45. The van der Waals surface area contributed by atoms with Gasteiger partial charge in [-0.15, -0.1) is 0 Å². The van der Waals surface area contributed by atoms with Crippen molar-refractivity contribution in [2.24, 2.45) is 10.9 Å². The number of carbonyl (C=O) groups is 1. The summed E-state index contributed by atoms with van der Waals surface area (Å²) in [6.07, 6.45) is 3.39. The fourth-order valence-electron chi connectivity index (χ4n) is 3.71. The predicted molar refractivity (Wildman–Crippen MR) is 102 cm³/mol. The van der Waals surface area contributed by atoms with Crippen LogP contribution in [-0.4, -0.2) is 50.0 Å². The van der Waals surface area contributed by atoms with E-state index in [1.165, 1.54) is 6.07 Å². The lowest BCUT2D eigenvalue weighted by molar-refractivity contribution is -0.121. The van der Waals surface area contributed by atoms with Crippen LogP contribution >= 0.6 is 11.6 Å². The summed E-state index contributed by atoms with van der Waals surface area (Å²) < 4.78 is 14.1. The Kier molecular flexibility index (Phi) is 6.01. The van der Waals surface area contributed by atoms with Gasteiger partial charge in [-0.2, -0.15) is 0 Å². The molecule has 0 aromatic heterocycles. The molecular formula is C19H26ClFN4O. The number of nitrogens with zero attached hydrogens (tertiary/aromatic N) is 2. The molecule has 5 nitrogen and oxygen atoms in total. The van der Waals surface area contributed by atoms with Crippen LogP contribution in [0, 0.1) is 11.7 Å². The second kappa shape index (κ2) is 8.25. The van der Waals surface area contributed by atoms with Crippen molar-refractivity contribution < 1.29 is 9.18 Å². The van der Waals surface area contributed by atoms with Gasteiger partial charge in [0, 0.05) is 56.2 Å². The number of likely N-dealkylation sites (tertiary alicyclic amines) is 1. The molecular weight excluding hydrogens is 355 g/mol. The normalized spacial score (nSPS) is 23.7. The number of hydrogen-bond donors (Lipinski definition) is 2. The minimum absolute atomic E-state index is 0.0891. The van der Waals surface area contributed by atoms with Crippen LogP contribution in [0.3, 0.4) is 0 Å². The van der Waals surface area contributed by atoms with Crippen LogP contribution in [0.5, 0.6) is 0 Å². The molecule has 1 aliphatic heterocycles. The maximum atomic E-state index is 14.1. The monoisotopic (exact) mass is 380 g/mol. The topological polar surface area (TPSA) is 56.7 Å². The Morgan fingerprint density at radius 1 is 1.38 bits per heavy atom. The largest absolute Gasteiger partial charge is 0.359 e. The second-order valence-corrected chi connectivity index (χ2v) is 7.49. The molecule has 0 spiro atoms. The molecule has 1 heterocycles. The molecule has 142 valence electrons. The van der Waals surface area contributed by atoms with Crippen molar-refractivity contribution in [3.63, 3.8) is 0 Å². The number of piperidine rings is 1. The lowest BCUT2D eigenvalue weighted by atomic mass is 9.93. The van der Waals surface area contributed by atoms with Crippen molar-refractivity contribution in [3.05, 3.63) is 34.6 Å². The zero-order valence-corrected chi connectivity index (χ0v) is 16.0. The standard InChI is InChI=1S/C19H26ClFN4O/c1-22-17(26)10-12-6-8-25(9-7-12)19(23-2)24-16-11-13(16)18-14(20)4-3-5-15(18)21/h3-5,12-13,16H,6-11H2,1-2H3,(H,22,26)(H,23,24). The molecule has 2 aliphatic rings. The summed E-state index contributed by atoms with van der Waals surface area (Å²) in [6, 6.07) is 4.99. The van der Waals surface area contributed by atoms with E-state index in [4.69, 9.17) is 11.6 Å². The fourth-order valence-corrected chi connectivity index (χ4v) is 4.02. The van der Waals surface area contributed by atoms with E-state index < -0.39 is 0 Å². The van der Waals surface area contributed by atoms with E-state index in [0.29, 0.717) is 22.9 Å². The van der Waals surface area contributed by atoms with E-state index in [9.17, 15) is 9.18 Å². The third-order valence-corrected chi connectivity index (χ3v) is 5.68. The number of rotatable bonds is 4. The maximum absolute atomic E-state index is 14.1. The van der Waals surface area contributed by atoms with E-state index >= 15 is 0 Å². The Bertz CT molecular complexity index is 668. The molecule has 2 fully saturated rings.